The van der Waals surface area contributed by atoms with Crippen LogP contribution in [0.3, 0.4) is 0 Å². The maximum Gasteiger partial charge on any atom is 0.140 e. The largest absolute Gasteiger partial charge is 0.396 e. The Morgan fingerprint density at radius 3 is 2.94 bits per heavy atom. The second kappa shape index (κ2) is 6.33. The Bertz CT molecular complexity index is 400. The molecule has 1 aromatic rings. The third-order valence-electron chi connectivity index (χ3n) is 3.10. The lowest BCUT2D eigenvalue weighted by atomic mass is 9.94. The molecule has 1 atom stereocenters. The number of hydrogen-bond donors (Lipinski definition) is 2. The molecule has 92 valence electrons. The van der Waals surface area contributed by atoms with E-state index in [0.717, 1.165) is 18.4 Å². The van der Waals surface area contributed by atoms with Crippen molar-refractivity contribution in [1.82, 2.24) is 10.3 Å². The smallest absolute Gasteiger partial charge is 0.140 e. The van der Waals surface area contributed by atoms with Gasteiger partial charge in [0.2, 0.25) is 0 Å². The van der Waals surface area contributed by atoms with Crippen LogP contribution in [-0.4, -0.2) is 22.2 Å². The van der Waals surface area contributed by atoms with E-state index in [9.17, 15) is 0 Å². The highest BCUT2D eigenvalue weighted by Gasteiger charge is 2.20. The lowest BCUT2D eigenvalue weighted by Gasteiger charge is -2.29. The molecule has 0 aliphatic rings. The van der Waals surface area contributed by atoms with E-state index in [0.29, 0.717) is 12.2 Å². The first kappa shape index (κ1) is 13.6. The van der Waals surface area contributed by atoms with E-state index in [1.165, 1.54) is 0 Å². The molecule has 2 N–H and O–H groups in total. The lowest BCUT2D eigenvalue weighted by molar-refractivity contribution is 0.214. The molecule has 0 spiro atoms. The van der Waals surface area contributed by atoms with Crippen molar-refractivity contribution in [2.24, 2.45) is 0 Å². The van der Waals surface area contributed by atoms with Gasteiger partial charge in [-0.2, -0.15) is 5.26 Å². The number of pyridine rings is 1. The molecule has 0 amide bonds. The molecule has 0 aliphatic carbocycles. The fourth-order valence-electron chi connectivity index (χ4n) is 1.60. The number of nitrogens with one attached hydrogen (secondary N) is 1. The quantitative estimate of drug-likeness (QED) is 0.783. The zero-order valence-electron chi connectivity index (χ0n) is 10.4. The van der Waals surface area contributed by atoms with Gasteiger partial charge in [-0.25, -0.2) is 4.98 Å². The second-order valence-corrected chi connectivity index (χ2v) is 4.40. The van der Waals surface area contributed by atoms with Crippen LogP contribution in [0, 0.1) is 11.3 Å². The number of rotatable bonds is 6. The second-order valence-electron chi connectivity index (χ2n) is 4.40. The highest BCUT2D eigenvalue weighted by Crippen LogP contribution is 2.15. The number of nitriles is 1. The van der Waals surface area contributed by atoms with Gasteiger partial charge in [0.05, 0.1) is 0 Å². The van der Waals surface area contributed by atoms with Crippen molar-refractivity contribution in [3.8, 4) is 6.07 Å². The SMILES string of the molecule is CCC(C)(CCO)NCc1ccnc(C#N)c1. The van der Waals surface area contributed by atoms with Crippen LogP contribution in [0.15, 0.2) is 18.3 Å². The van der Waals surface area contributed by atoms with Gasteiger partial charge >= 0.3 is 0 Å². The van der Waals surface area contributed by atoms with E-state index < -0.39 is 0 Å². The zero-order chi connectivity index (χ0) is 12.7. The lowest BCUT2D eigenvalue weighted by Crippen LogP contribution is -2.42. The maximum atomic E-state index is 9.02. The summed E-state index contributed by atoms with van der Waals surface area (Å²) in [6.45, 7) is 5.05. The Morgan fingerprint density at radius 1 is 1.59 bits per heavy atom. The average Bonchev–Trinajstić information content (AvgIpc) is 2.37. The number of aliphatic hydroxyl groups excluding tert-OH is 1. The molecule has 17 heavy (non-hydrogen) atoms. The Labute approximate surface area is 102 Å². The Kier molecular flexibility index (Phi) is 5.08. The van der Waals surface area contributed by atoms with Gasteiger partial charge in [-0.1, -0.05) is 6.92 Å². The van der Waals surface area contributed by atoms with E-state index >= 15 is 0 Å². The summed E-state index contributed by atoms with van der Waals surface area (Å²) < 4.78 is 0. The molecule has 0 saturated carbocycles. The van der Waals surface area contributed by atoms with Crippen LogP contribution in [-0.2, 0) is 6.54 Å². The third kappa shape index (κ3) is 4.14. The predicted molar refractivity (Wildman–Crippen MR) is 66.2 cm³/mol. The van der Waals surface area contributed by atoms with Crippen molar-refractivity contribution in [2.45, 2.75) is 38.8 Å². The third-order valence-corrected chi connectivity index (χ3v) is 3.10. The van der Waals surface area contributed by atoms with E-state index in [2.05, 4.69) is 24.1 Å². The molecule has 0 fully saturated rings. The Balaban J connectivity index is 2.63. The number of hydrogen-bond acceptors (Lipinski definition) is 4. The van der Waals surface area contributed by atoms with E-state index in [4.69, 9.17) is 10.4 Å². The predicted octanol–water partition coefficient (Wildman–Crippen LogP) is 1.59. The van der Waals surface area contributed by atoms with Crippen LogP contribution in [0.4, 0.5) is 0 Å². The topological polar surface area (TPSA) is 68.9 Å². The highest BCUT2D eigenvalue weighted by atomic mass is 16.3. The minimum Gasteiger partial charge on any atom is -0.396 e. The molecule has 4 nitrogen and oxygen atoms in total. The molecular formula is C13H19N3O. The van der Waals surface area contributed by atoms with Crippen LogP contribution in [0.5, 0.6) is 0 Å². The minimum absolute atomic E-state index is 0.0647. The average molecular weight is 233 g/mol. The van der Waals surface area contributed by atoms with Crippen LogP contribution in [0.2, 0.25) is 0 Å². The minimum atomic E-state index is -0.0647. The molecule has 1 rings (SSSR count). The molecule has 0 aliphatic heterocycles. The maximum absolute atomic E-state index is 9.02. The Morgan fingerprint density at radius 2 is 2.35 bits per heavy atom. The summed E-state index contributed by atoms with van der Waals surface area (Å²) in [5.74, 6) is 0. The van der Waals surface area contributed by atoms with Crippen molar-refractivity contribution in [2.75, 3.05) is 6.61 Å². The van der Waals surface area contributed by atoms with Gasteiger partial charge in [0.15, 0.2) is 0 Å². The molecule has 4 heteroatoms. The first-order valence-electron chi connectivity index (χ1n) is 5.84. The molecule has 0 radical (unpaired) electrons. The highest BCUT2D eigenvalue weighted by molar-refractivity contribution is 5.25. The Hall–Kier alpha value is -1.44. The van der Waals surface area contributed by atoms with Gasteiger partial charge < -0.3 is 10.4 Å². The van der Waals surface area contributed by atoms with Crippen molar-refractivity contribution >= 4 is 0 Å². The molecule has 0 aromatic carbocycles. The zero-order valence-corrected chi connectivity index (χ0v) is 10.4. The van der Waals surface area contributed by atoms with E-state index in [1.807, 2.05) is 12.1 Å². The van der Waals surface area contributed by atoms with Gasteiger partial charge in [0.1, 0.15) is 11.8 Å². The summed E-state index contributed by atoms with van der Waals surface area (Å²) in [5, 5.41) is 21.2. The monoisotopic (exact) mass is 233 g/mol. The summed E-state index contributed by atoms with van der Waals surface area (Å²) in [6, 6.07) is 5.70. The first-order valence-corrected chi connectivity index (χ1v) is 5.84. The summed E-state index contributed by atoms with van der Waals surface area (Å²) >= 11 is 0. The number of nitrogens with zero attached hydrogens (tertiary/aromatic N) is 2. The molecule has 1 aromatic heterocycles. The molecule has 0 saturated heterocycles. The standard InChI is InChI=1S/C13H19N3O/c1-3-13(2,5-7-17)16-10-11-4-6-15-12(8-11)9-14/h4,6,8,16-17H,3,5,7,10H2,1-2H3. The van der Waals surface area contributed by atoms with Crippen LogP contribution >= 0.6 is 0 Å². The van der Waals surface area contributed by atoms with Crippen molar-refractivity contribution < 1.29 is 5.11 Å². The summed E-state index contributed by atoms with van der Waals surface area (Å²) in [4.78, 5) is 3.93. The summed E-state index contributed by atoms with van der Waals surface area (Å²) in [5.41, 5.74) is 1.41. The molecule has 1 heterocycles. The van der Waals surface area contributed by atoms with Gasteiger partial charge in [-0.3, -0.25) is 0 Å². The van der Waals surface area contributed by atoms with Gasteiger partial charge in [-0.05, 0) is 37.5 Å². The van der Waals surface area contributed by atoms with Gasteiger partial charge in [-0.15, -0.1) is 0 Å². The summed E-state index contributed by atoms with van der Waals surface area (Å²) in [7, 11) is 0. The molecular weight excluding hydrogens is 214 g/mol. The van der Waals surface area contributed by atoms with Crippen molar-refractivity contribution in [3.63, 3.8) is 0 Å². The van der Waals surface area contributed by atoms with E-state index in [-0.39, 0.29) is 12.1 Å². The summed E-state index contributed by atoms with van der Waals surface area (Å²) in [6.07, 6.45) is 3.31. The molecule has 0 bridgehead atoms. The number of aliphatic hydroxyl groups is 1. The molecule has 1 unspecified atom stereocenters. The van der Waals surface area contributed by atoms with Crippen molar-refractivity contribution in [3.05, 3.63) is 29.6 Å². The van der Waals surface area contributed by atoms with Gasteiger partial charge in [0.25, 0.3) is 0 Å². The van der Waals surface area contributed by atoms with Crippen LogP contribution < -0.4 is 5.32 Å². The van der Waals surface area contributed by atoms with Gasteiger partial charge in [0, 0.05) is 24.9 Å². The van der Waals surface area contributed by atoms with Crippen molar-refractivity contribution in [1.29, 1.82) is 5.26 Å². The van der Waals surface area contributed by atoms with Crippen LogP contribution in [0.25, 0.3) is 0 Å². The fourth-order valence-corrected chi connectivity index (χ4v) is 1.60. The fraction of sp³-hybridized carbons (Fsp3) is 0.538. The number of aromatic nitrogens is 1. The van der Waals surface area contributed by atoms with E-state index in [1.54, 1.807) is 12.3 Å². The van der Waals surface area contributed by atoms with Crippen LogP contribution in [0.1, 0.15) is 37.9 Å². The first-order chi connectivity index (χ1) is 8.13. The normalized spacial score (nSPS) is 14.0.